The molecule has 0 aromatic carbocycles. The van der Waals surface area contributed by atoms with Crippen LogP contribution in [0.15, 0.2) is 11.6 Å². The number of carbonyl (C=O) groups excluding carboxylic acids is 1. The topological polar surface area (TPSA) is 17.1 Å². The van der Waals surface area contributed by atoms with Gasteiger partial charge < -0.3 is 0 Å². The molecular formula is C12H18O. The van der Waals surface area contributed by atoms with Gasteiger partial charge in [-0.05, 0) is 44.1 Å². The average Bonchev–Trinajstić information content (AvgIpc) is 2.88. The van der Waals surface area contributed by atoms with E-state index >= 15 is 0 Å². The lowest BCUT2D eigenvalue weighted by molar-refractivity contribution is -0.120. The van der Waals surface area contributed by atoms with Gasteiger partial charge in [0, 0.05) is 5.41 Å². The van der Waals surface area contributed by atoms with E-state index < -0.39 is 0 Å². The molecule has 72 valence electrons. The summed E-state index contributed by atoms with van der Waals surface area (Å²) in [5.41, 5.74) is 1.19. The zero-order chi connectivity index (χ0) is 9.31. The number of rotatable bonds is 2. The molecule has 0 aromatic rings. The van der Waals surface area contributed by atoms with E-state index in [1.54, 1.807) is 0 Å². The van der Waals surface area contributed by atoms with Gasteiger partial charge in [0.15, 0.2) is 5.78 Å². The molecule has 0 amide bonds. The molecule has 0 N–H and O–H groups in total. The van der Waals surface area contributed by atoms with Crippen LogP contribution in [0.25, 0.3) is 0 Å². The van der Waals surface area contributed by atoms with Crippen LogP contribution >= 0.6 is 0 Å². The third kappa shape index (κ3) is 1.84. The lowest BCUT2D eigenvalue weighted by Gasteiger charge is -2.09. The second-order valence-electron chi connectivity index (χ2n) is 4.72. The maximum Gasteiger partial charge on any atom is 0.164 e. The molecule has 13 heavy (non-hydrogen) atoms. The minimum Gasteiger partial charge on any atom is -0.294 e. The molecule has 2 aliphatic rings. The molecule has 0 unspecified atom stereocenters. The molecule has 1 fully saturated rings. The highest BCUT2D eigenvalue weighted by atomic mass is 16.1. The maximum absolute atomic E-state index is 12.0. The number of Topliss-reactive ketones (excluding diaryl/α,β-unsaturated/α-hetero) is 1. The zero-order valence-electron chi connectivity index (χ0n) is 8.44. The molecule has 1 saturated carbocycles. The SMILES string of the molecule is CC1(C(=O)C2=CCCCCC2)CC1. The second-order valence-corrected chi connectivity index (χ2v) is 4.72. The smallest absolute Gasteiger partial charge is 0.164 e. The Hall–Kier alpha value is -0.590. The lowest BCUT2D eigenvalue weighted by atomic mass is 9.94. The van der Waals surface area contributed by atoms with Crippen LogP contribution in [0.3, 0.4) is 0 Å². The van der Waals surface area contributed by atoms with E-state index in [1.165, 1.54) is 19.3 Å². The normalized spacial score (nSPS) is 26.1. The summed E-state index contributed by atoms with van der Waals surface area (Å²) in [7, 11) is 0. The number of hydrogen-bond acceptors (Lipinski definition) is 1. The van der Waals surface area contributed by atoms with E-state index in [2.05, 4.69) is 13.0 Å². The van der Waals surface area contributed by atoms with Crippen molar-refractivity contribution >= 4 is 5.78 Å². The Morgan fingerprint density at radius 2 is 2.08 bits per heavy atom. The Morgan fingerprint density at radius 3 is 2.77 bits per heavy atom. The maximum atomic E-state index is 12.0. The van der Waals surface area contributed by atoms with Gasteiger partial charge in [-0.25, -0.2) is 0 Å². The van der Waals surface area contributed by atoms with Gasteiger partial charge in [-0.15, -0.1) is 0 Å². The Morgan fingerprint density at radius 1 is 1.31 bits per heavy atom. The average molecular weight is 178 g/mol. The first-order valence-electron chi connectivity index (χ1n) is 5.46. The fourth-order valence-electron chi connectivity index (χ4n) is 2.02. The highest BCUT2D eigenvalue weighted by molar-refractivity contribution is 6.01. The molecule has 0 saturated heterocycles. The van der Waals surface area contributed by atoms with Crippen molar-refractivity contribution in [3.05, 3.63) is 11.6 Å². The van der Waals surface area contributed by atoms with Crippen molar-refractivity contribution in [1.82, 2.24) is 0 Å². The molecule has 2 aliphatic carbocycles. The summed E-state index contributed by atoms with van der Waals surface area (Å²) in [6, 6.07) is 0. The van der Waals surface area contributed by atoms with Crippen LogP contribution in [-0.2, 0) is 4.79 Å². The largest absolute Gasteiger partial charge is 0.294 e. The first-order chi connectivity index (χ1) is 6.22. The summed E-state index contributed by atoms with van der Waals surface area (Å²) in [6.45, 7) is 2.11. The minimum atomic E-state index is 0.0518. The van der Waals surface area contributed by atoms with E-state index in [4.69, 9.17) is 0 Å². The number of ketones is 1. The fraction of sp³-hybridized carbons (Fsp3) is 0.750. The van der Waals surface area contributed by atoms with Gasteiger partial charge in [0.05, 0.1) is 0 Å². The van der Waals surface area contributed by atoms with Crippen LogP contribution < -0.4 is 0 Å². The van der Waals surface area contributed by atoms with Crippen LogP contribution in [0, 0.1) is 5.41 Å². The molecule has 0 aliphatic heterocycles. The summed E-state index contributed by atoms with van der Waals surface area (Å²) in [5.74, 6) is 0.453. The summed E-state index contributed by atoms with van der Waals surface area (Å²) in [4.78, 5) is 12.0. The van der Waals surface area contributed by atoms with Gasteiger partial charge in [-0.1, -0.05) is 19.4 Å². The quantitative estimate of drug-likeness (QED) is 0.634. The van der Waals surface area contributed by atoms with Crippen molar-refractivity contribution in [3.63, 3.8) is 0 Å². The van der Waals surface area contributed by atoms with E-state index in [-0.39, 0.29) is 5.41 Å². The number of allylic oxidation sites excluding steroid dienone is 2. The Labute approximate surface area is 80.2 Å². The second kappa shape index (κ2) is 3.28. The summed E-state index contributed by atoms with van der Waals surface area (Å²) >= 11 is 0. The van der Waals surface area contributed by atoms with Crippen molar-refractivity contribution in [2.75, 3.05) is 0 Å². The van der Waals surface area contributed by atoms with Gasteiger partial charge in [0.25, 0.3) is 0 Å². The third-order valence-corrected chi connectivity index (χ3v) is 3.38. The molecule has 0 spiro atoms. The zero-order valence-corrected chi connectivity index (χ0v) is 8.44. The Kier molecular flexibility index (Phi) is 2.27. The predicted molar refractivity (Wildman–Crippen MR) is 53.5 cm³/mol. The highest BCUT2D eigenvalue weighted by Gasteiger charge is 2.45. The molecule has 0 heterocycles. The molecule has 0 radical (unpaired) electrons. The van der Waals surface area contributed by atoms with Crippen molar-refractivity contribution in [2.45, 2.75) is 51.9 Å². The molecular weight excluding hydrogens is 160 g/mol. The van der Waals surface area contributed by atoms with E-state index in [9.17, 15) is 4.79 Å². The first kappa shape index (κ1) is 8.98. The van der Waals surface area contributed by atoms with Crippen molar-refractivity contribution in [3.8, 4) is 0 Å². The highest BCUT2D eigenvalue weighted by Crippen LogP contribution is 2.48. The van der Waals surface area contributed by atoms with Crippen LogP contribution in [0.4, 0.5) is 0 Å². The minimum absolute atomic E-state index is 0.0518. The lowest BCUT2D eigenvalue weighted by Crippen LogP contribution is -2.14. The summed E-state index contributed by atoms with van der Waals surface area (Å²) in [6.07, 6.45) is 10.4. The van der Waals surface area contributed by atoms with Gasteiger partial charge in [0.1, 0.15) is 0 Å². The third-order valence-electron chi connectivity index (χ3n) is 3.38. The summed E-state index contributed by atoms with van der Waals surface area (Å²) in [5, 5.41) is 0. The van der Waals surface area contributed by atoms with Gasteiger partial charge in [-0.2, -0.15) is 0 Å². The van der Waals surface area contributed by atoms with Crippen LogP contribution in [0.1, 0.15) is 51.9 Å². The van der Waals surface area contributed by atoms with E-state index in [0.29, 0.717) is 5.78 Å². The predicted octanol–water partition coefficient (Wildman–Crippen LogP) is 3.25. The Balaban J connectivity index is 2.05. The molecule has 0 aromatic heterocycles. The monoisotopic (exact) mass is 178 g/mol. The van der Waals surface area contributed by atoms with Crippen molar-refractivity contribution < 1.29 is 4.79 Å². The van der Waals surface area contributed by atoms with Crippen LogP contribution in [0.2, 0.25) is 0 Å². The van der Waals surface area contributed by atoms with Crippen LogP contribution in [-0.4, -0.2) is 5.78 Å². The number of carbonyl (C=O) groups is 1. The van der Waals surface area contributed by atoms with E-state index in [1.807, 2.05) is 0 Å². The molecule has 0 atom stereocenters. The van der Waals surface area contributed by atoms with Gasteiger partial charge >= 0.3 is 0 Å². The molecule has 1 heteroatoms. The van der Waals surface area contributed by atoms with Crippen molar-refractivity contribution in [2.24, 2.45) is 5.41 Å². The summed E-state index contributed by atoms with van der Waals surface area (Å²) < 4.78 is 0. The van der Waals surface area contributed by atoms with Gasteiger partial charge in [-0.3, -0.25) is 4.79 Å². The molecule has 0 bridgehead atoms. The Bertz CT molecular complexity index is 246. The first-order valence-corrected chi connectivity index (χ1v) is 5.46. The molecule has 2 rings (SSSR count). The standard InChI is InChI=1S/C12H18O/c1-12(8-9-12)11(13)10-6-4-2-3-5-7-10/h6H,2-5,7-9H2,1H3. The van der Waals surface area contributed by atoms with Crippen LogP contribution in [0.5, 0.6) is 0 Å². The fourth-order valence-corrected chi connectivity index (χ4v) is 2.02. The van der Waals surface area contributed by atoms with E-state index in [0.717, 1.165) is 31.3 Å². The number of hydrogen-bond donors (Lipinski definition) is 0. The molecule has 1 nitrogen and oxygen atoms in total. The van der Waals surface area contributed by atoms with Gasteiger partial charge in [0.2, 0.25) is 0 Å². The van der Waals surface area contributed by atoms with Crippen molar-refractivity contribution in [1.29, 1.82) is 0 Å².